The lowest BCUT2D eigenvalue weighted by atomic mass is 10.1. The van der Waals surface area contributed by atoms with Gasteiger partial charge in [-0.1, -0.05) is 11.6 Å². The van der Waals surface area contributed by atoms with Gasteiger partial charge in [0.25, 0.3) is 0 Å². The molecule has 94 valence electrons. The SMILES string of the molecule is CCOC(=O)c1cc(Cl)nc2ccc(OC)cc12. The van der Waals surface area contributed by atoms with Crippen molar-refractivity contribution in [2.24, 2.45) is 0 Å². The summed E-state index contributed by atoms with van der Waals surface area (Å²) in [4.78, 5) is 16.0. The van der Waals surface area contributed by atoms with E-state index in [4.69, 9.17) is 21.1 Å². The number of ether oxygens (including phenoxy) is 2. The molecule has 5 heteroatoms. The number of hydrogen-bond donors (Lipinski definition) is 0. The average Bonchev–Trinajstić information content (AvgIpc) is 2.37. The second-order valence-corrected chi connectivity index (χ2v) is 3.98. The molecule has 0 aliphatic rings. The van der Waals surface area contributed by atoms with E-state index in [2.05, 4.69) is 4.98 Å². The normalized spacial score (nSPS) is 10.4. The molecule has 0 aliphatic carbocycles. The number of nitrogens with zero attached hydrogens (tertiary/aromatic N) is 1. The van der Waals surface area contributed by atoms with Crippen molar-refractivity contribution in [1.29, 1.82) is 0 Å². The first-order valence-electron chi connectivity index (χ1n) is 5.47. The molecule has 0 unspecified atom stereocenters. The Bertz CT molecular complexity index is 598. The van der Waals surface area contributed by atoms with Gasteiger partial charge in [-0.05, 0) is 31.2 Å². The van der Waals surface area contributed by atoms with Gasteiger partial charge in [-0.25, -0.2) is 9.78 Å². The second kappa shape index (κ2) is 5.23. The maximum atomic E-state index is 11.9. The van der Waals surface area contributed by atoms with Crippen molar-refractivity contribution in [2.45, 2.75) is 6.92 Å². The summed E-state index contributed by atoms with van der Waals surface area (Å²) in [5.41, 5.74) is 1.03. The summed E-state index contributed by atoms with van der Waals surface area (Å²) < 4.78 is 10.1. The Balaban J connectivity index is 2.65. The molecule has 18 heavy (non-hydrogen) atoms. The quantitative estimate of drug-likeness (QED) is 0.632. The topological polar surface area (TPSA) is 48.4 Å². The Kier molecular flexibility index (Phi) is 3.67. The van der Waals surface area contributed by atoms with E-state index in [0.29, 0.717) is 28.8 Å². The van der Waals surface area contributed by atoms with Crippen LogP contribution in [0.4, 0.5) is 0 Å². The predicted octanol–water partition coefficient (Wildman–Crippen LogP) is 3.07. The molecule has 0 radical (unpaired) electrons. The summed E-state index contributed by atoms with van der Waals surface area (Å²) in [7, 11) is 1.56. The van der Waals surface area contributed by atoms with Crippen LogP contribution in [-0.2, 0) is 4.74 Å². The molecular weight excluding hydrogens is 254 g/mol. The number of pyridine rings is 1. The van der Waals surface area contributed by atoms with E-state index in [1.165, 1.54) is 6.07 Å². The highest BCUT2D eigenvalue weighted by Gasteiger charge is 2.14. The maximum Gasteiger partial charge on any atom is 0.338 e. The van der Waals surface area contributed by atoms with E-state index in [1.807, 2.05) is 0 Å². The lowest BCUT2D eigenvalue weighted by Crippen LogP contribution is -2.06. The van der Waals surface area contributed by atoms with E-state index in [9.17, 15) is 4.79 Å². The van der Waals surface area contributed by atoms with Crippen LogP contribution in [0, 0.1) is 0 Å². The number of esters is 1. The number of halogens is 1. The van der Waals surface area contributed by atoms with Crippen molar-refractivity contribution in [3.63, 3.8) is 0 Å². The Morgan fingerprint density at radius 3 is 2.83 bits per heavy atom. The molecular formula is C13H12ClNO3. The molecule has 0 fully saturated rings. The Hall–Kier alpha value is -1.81. The molecule has 1 heterocycles. The smallest absolute Gasteiger partial charge is 0.338 e. The summed E-state index contributed by atoms with van der Waals surface area (Å²) in [6.45, 7) is 2.06. The third kappa shape index (κ3) is 2.38. The van der Waals surface area contributed by atoms with Gasteiger partial charge in [0.2, 0.25) is 0 Å². The van der Waals surface area contributed by atoms with Gasteiger partial charge in [-0.3, -0.25) is 0 Å². The van der Waals surface area contributed by atoms with Crippen molar-refractivity contribution in [3.8, 4) is 5.75 Å². The summed E-state index contributed by atoms with van der Waals surface area (Å²) >= 11 is 5.89. The minimum atomic E-state index is -0.417. The zero-order chi connectivity index (χ0) is 13.1. The van der Waals surface area contributed by atoms with Gasteiger partial charge >= 0.3 is 5.97 Å². The highest BCUT2D eigenvalue weighted by molar-refractivity contribution is 6.30. The van der Waals surface area contributed by atoms with E-state index in [1.54, 1.807) is 32.2 Å². The number of rotatable bonds is 3. The molecule has 0 atom stereocenters. The Labute approximate surface area is 109 Å². The molecule has 4 nitrogen and oxygen atoms in total. The van der Waals surface area contributed by atoms with E-state index >= 15 is 0 Å². The second-order valence-electron chi connectivity index (χ2n) is 3.60. The zero-order valence-electron chi connectivity index (χ0n) is 10.1. The molecule has 2 rings (SSSR count). The van der Waals surface area contributed by atoms with Crippen LogP contribution in [-0.4, -0.2) is 24.7 Å². The van der Waals surface area contributed by atoms with E-state index in [0.717, 1.165) is 0 Å². The standard InChI is InChI=1S/C13H12ClNO3/c1-3-18-13(16)10-7-12(14)15-11-5-4-8(17-2)6-9(10)11/h4-7H,3H2,1-2H3. The lowest BCUT2D eigenvalue weighted by molar-refractivity contribution is 0.0528. The third-order valence-corrected chi connectivity index (χ3v) is 2.67. The number of aromatic nitrogens is 1. The molecule has 0 bridgehead atoms. The number of carbonyl (C=O) groups is 1. The average molecular weight is 266 g/mol. The molecule has 1 aromatic carbocycles. The molecule has 0 amide bonds. The van der Waals surface area contributed by atoms with Gasteiger partial charge in [0, 0.05) is 5.39 Å². The number of fused-ring (bicyclic) bond motifs is 1. The Morgan fingerprint density at radius 1 is 1.39 bits per heavy atom. The molecule has 0 saturated carbocycles. The van der Waals surface area contributed by atoms with Crippen LogP contribution in [0.1, 0.15) is 17.3 Å². The van der Waals surface area contributed by atoms with Gasteiger partial charge in [-0.15, -0.1) is 0 Å². The first-order valence-corrected chi connectivity index (χ1v) is 5.85. The molecule has 0 N–H and O–H groups in total. The highest BCUT2D eigenvalue weighted by atomic mass is 35.5. The van der Waals surface area contributed by atoms with Crippen LogP contribution in [0.2, 0.25) is 5.15 Å². The summed E-state index contributed by atoms with van der Waals surface area (Å²) in [5.74, 6) is 0.234. The van der Waals surface area contributed by atoms with Crippen molar-refractivity contribution in [2.75, 3.05) is 13.7 Å². The number of hydrogen-bond acceptors (Lipinski definition) is 4. The fraction of sp³-hybridized carbons (Fsp3) is 0.231. The van der Waals surface area contributed by atoms with Gasteiger partial charge in [0.15, 0.2) is 0 Å². The molecule has 1 aromatic heterocycles. The fourth-order valence-corrected chi connectivity index (χ4v) is 1.88. The van der Waals surface area contributed by atoms with Gasteiger partial charge in [0.05, 0.1) is 24.8 Å². The predicted molar refractivity (Wildman–Crippen MR) is 69.3 cm³/mol. The van der Waals surface area contributed by atoms with E-state index in [-0.39, 0.29) is 5.15 Å². The minimum absolute atomic E-state index is 0.260. The van der Waals surface area contributed by atoms with Gasteiger partial charge < -0.3 is 9.47 Å². The molecule has 2 aromatic rings. The lowest BCUT2D eigenvalue weighted by Gasteiger charge is -2.08. The Morgan fingerprint density at radius 2 is 2.17 bits per heavy atom. The highest BCUT2D eigenvalue weighted by Crippen LogP contribution is 2.25. The summed E-state index contributed by atoms with van der Waals surface area (Å²) in [5, 5.41) is 0.924. The van der Waals surface area contributed by atoms with E-state index < -0.39 is 5.97 Å². The first-order chi connectivity index (χ1) is 8.65. The monoisotopic (exact) mass is 265 g/mol. The third-order valence-electron chi connectivity index (χ3n) is 2.48. The minimum Gasteiger partial charge on any atom is -0.497 e. The largest absolute Gasteiger partial charge is 0.497 e. The van der Waals surface area contributed by atoms with Crippen LogP contribution in [0.25, 0.3) is 10.9 Å². The first kappa shape index (κ1) is 12.6. The van der Waals surface area contributed by atoms with Crippen molar-refractivity contribution in [3.05, 3.63) is 35.0 Å². The van der Waals surface area contributed by atoms with Crippen molar-refractivity contribution in [1.82, 2.24) is 4.98 Å². The van der Waals surface area contributed by atoms with Gasteiger partial charge in [-0.2, -0.15) is 0 Å². The van der Waals surface area contributed by atoms with Crippen LogP contribution >= 0.6 is 11.6 Å². The number of carbonyl (C=O) groups excluding carboxylic acids is 1. The molecule has 0 aliphatic heterocycles. The van der Waals surface area contributed by atoms with Crippen LogP contribution in [0.3, 0.4) is 0 Å². The van der Waals surface area contributed by atoms with Crippen LogP contribution in [0.5, 0.6) is 5.75 Å². The zero-order valence-corrected chi connectivity index (χ0v) is 10.8. The van der Waals surface area contributed by atoms with Crippen molar-refractivity contribution >= 4 is 28.5 Å². The molecule has 0 saturated heterocycles. The summed E-state index contributed by atoms with van der Waals surface area (Å²) in [6, 6.07) is 6.76. The summed E-state index contributed by atoms with van der Waals surface area (Å²) in [6.07, 6.45) is 0. The fourth-order valence-electron chi connectivity index (χ4n) is 1.68. The number of methoxy groups -OCH3 is 1. The molecule has 0 spiro atoms. The van der Waals surface area contributed by atoms with Gasteiger partial charge in [0.1, 0.15) is 10.9 Å². The van der Waals surface area contributed by atoms with Crippen molar-refractivity contribution < 1.29 is 14.3 Å². The maximum absolute atomic E-state index is 11.9. The number of benzene rings is 1. The van der Waals surface area contributed by atoms with Crippen LogP contribution in [0.15, 0.2) is 24.3 Å². The van der Waals surface area contributed by atoms with Crippen LogP contribution < -0.4 is 4.74 Å².